The summed E-state index contributed by atoms with van der Waals surface area (Å²) in [5, 5.41) is 0. The lowest BCUT2D eigenvalue weighted by atomic mass is 10.0. The summed E-state index contributed by atoms with van der Waals surface area (Å²) < 4.78 is 60.0. The third-order valence-corrected chi connectivity index (χ3v) is 4.37. The van der Waals surface area contributed by atoms with Crippen LogP contribution in [0.2, 0.25) is 0 Å². The molecule has 1 aliphatic rings. The topological polar surface area (TPSA) is 38.8 Å². The minimum atomic E-state index is -4.77. The molecule has 2 aromatic carbocycles. The van der Waals surface area contributed by atoms with Gasteiger partial charge in [0.05, 0.1) is 13.2 Å². The Bertz CT molecular complexity index is 807. The van der Waals surface area contributed by atoms with Gasteiger partial charge in [0, 0.05) is 18.5 Å². The fourth-order valence-corrected chi connectivity index (χ4v) is 3.18. The summed E-state index contributed by atoms with van der Waals surface area (Å²) in [4.78, 5) is 13.7. The van der Waals surface area contributed by atoms with Gasteiger partial charge in [-0.1, -0.05) is 30.3 Å². The zero-order valence-corrected chi connectivity index (χ0v) is 14.4. The Kier molecular flexibility index (Phi) is 5.25. The van der Waals surface area contributed by atoms with Crippen LogP contribution >= 0.6 is 0 Å². The molecule has 0 N–H and O–H groups in total. The number of carbonyl (C=O) groups is 1. The number of carbonyl (C=O) groups excluding carboxylic acids is 1. The van der Waals surface area contributed by atoms with Crippen LogP contribution in [-0.2, 0) is 11.3 Å². The Morgan fingerprint density at radius 3 is 2.41 bits per heavy atom. The molecule has 0 bridgehead atoms. The highest BCUT2D eigenvalue weighted by Crippen LogP contribution is 2.39. The number of hydrogen-bond donors (Lipinski definition) is 0. The van der Waals surface area contributed by atoms with Crippen molar-refractivity contribution in [1.82, 2.24) is 4.90 Å². The average Bonchev–Trinajstić information content (AvgIpc) is 2.90. The maximum absolute atomic E-state index is 14.1. The molecule has 1 heterocycles. The van der Waals surface area contributed by atoms with E-state index in [0.717, 1.165) is 12.1 Å². The highest BCUT2D eigenvalue weighted by Gasteiger charge is 2.41. The van der Waals surface area contributed by atoms with Crippen molar-refractivity contribution in [1.29, 1.82) is 0 Å². The number of benzene rings is 2. The normalized spacial score (nSPS) is 20.0. The third kappa shape index (κ3) is 4.32. The van der Waals surface area contributed by atoms with Crippen molar-refractivity contribution in [2.75, 3.05) is 7.11 Å². The predicted octanol–water partition coefficient (Wildman–Crippen LogP) is 4.41. The van der Waals surface area contributed by atoms with E-state index < -0.39 is 24.5 Å². The van der Waals surface area contributed by atoms with Gasteiger partial charge in [-0.15, -0.1) is 13.2 Å². The standard InChI is InChI=1S/C19H17F4NO3/c1-26-17-5-3-2-4-14(17)16-10-15(20)18(25)24(16)11-12-6-8-13(9-7-12)27-19(21,22)23/h2-9,15-16H,10-11H2,1H3. The highest BCUT2D eigenvalue weighted by atomic mass is 19.4. The number of ether oxygens (including phenoxy) is 2. The lowest BCUT2D eigenvalue weighted by molar-refractivity contribution is -0.274. The molecule has 2 aromatic rings. The Morgan fingerprint density at radius 1 is 1.11 bits per heavy atom. The molecule has 4 nitrogen and oxygen atoms in total. The van der Waals surface area contributed by atoms with E-state index >= 15 is 0 Å². The fraction of sp³-hybridized carbons (Fsp3) is 0.316. The monoisotopic (exact) mass is 383 g/mol. The Morgan fingerprint density at radius 2 is 1.78 bits per heavy atom. The molecule has 3 rings (SSSR count). The number of rotatable bonds is 5. The van der Waals surface area contributed by atoms with Crippen LogP contribution in [0.3, 0.4) is 0 Å². The Labute approximate surface area is 153 Å². The number of likely N-dealkylation sites (tertiary alicyclic amines) is 1. The fourth-order valence-electron chi connectivity index (χ4n) is 3.18. The van der Waals surface area contributed by atoms with Gasteiger partial charge in [0.15, 0.2) is 6.17 Å². The summed E-state index contributed by atoms with van der Waals surface area (Å²) in [6.45, 7) is 0.0638. The first kappa shape index (κ1) is 19.0. The summed E-state index contributed by atoms with van der Waals surface area (Å²) in [5.41, 5.74) is 1.25. The Hall–Kier alpha value is -2.77. The first-order valence-electron chi connectivity index (χ1n) is 8.20. The van der Waals surface area contributed by atoms with Gasteiger partial charge < -0.3 is 14.4 Å². The second-order valence-electron chi connectivity index (χ2n) is 6.12. The zero-order valence-electron chi connectivity index (χ0n) is 14.4. The lowest BCUT2D eigenvalue weighted by Crippen LogP contribution is -2.29. The molecule has 1 fully saturated rings. The van der Waals surface area contributed by atoms with Gasteiger partial charge in [0.2, 0.25) is 0 Å². The molecule has 8 heteroatoms. The number of methoxy groups -OCH3 is 1. The molecular formula is C19H17F4NO3. The second kappa shape index (κ2) is 7.46. The molecule has 144 valence electrons. The van der Waals surface area contributed by atoms with E-state index in [1.165, 1.54) is 24.1 Å². The van der Waals surface area contributed by atoms with Crippen molar-refractivity contribution in [2.24, 2.45) is 0 Å². The number of alkyl halides is 4. The van der Waals surface area contributed by atoms with Gasteiger partial charge in [-0.3, -0.25) is 4.79 Å². The van der Waals surface area contributed by atoms with Gasteiger partial charge in [0.25, 0.3) is 5.91 Å². The summed E-state index contributed by atoms with van der Waals surface area (Å²) >= 11 is 0. The highest BCUT2D eigenvalue weighted by molar-refractivity contribution is 5.84. The number of nitrogens with zero attached hydrogens (tertiary/aromatic N) is 1. The molecule has 0 saturated carbocycles. The maximum Gasteiger partial charge on any atom is 0.573 e. The quantitative estimate of drug-likeness (QED) is 0.718. The Balaban J connectivity index is 1.82. The summed E-state index contributed by atoms with van der Waals surface area (Å²) in [5.74, 6) is -0.464. The van der Waals surface area contributed by atoms with Crippen LogP contribution in [0, 0.1) is 0 Å². The van der Waals surface area contributed by atoms with Gasteiger partial charge in [-0.05, 0) is 23.8 Å². The predicted molar refractivity (Wildman–Crippen MR) is 88.9 cm³/mol. The molecule has 1 amide bonds. The molecule has 0 spiro atoms. The summed E-state index contributed by atoms with van der Waals surface area (Å²) in [6, 6.07) is 11.7. The van der Waals surface area contributed by atoms with Crippen LogP contribution in [0.15, 0.2) is 48.5 Å². The first-order chi connectivity index (χ1) is 12.8. The van der Waals surface area contributed by atoms with E-state index in [1.807, 2.05) is 0 Å². The molecule has 2 unspecified atom stereocenters. The lowest BCUT2D eigenvalue weighted by Gasteiger charge is -2.26. The maximum atomic E-state index is 14.1. The van der Waals surface area contributed by atoms with E-state index in [-0.39, 0.29) is 18.7 Å². The average molecular weight is 383 g/mol. The van der Waals surface area contributed by atoms with Crippen LogP contribution in [-0.4, -0.2) is 30.5 Å². The summed E-state index contributed by atoms with van der Waals surface area (Å²) in [6.07, 6.45) is -6.41. The largest absolute Gasteiger partial charge is 0.573 e. The van der Waals surface area contributed by atoms with Crippen LogP contribution < -0.4 is 9.47 Å². The van der Waals surface area contributed by atoms with E-state index in [2.05, 4.69) is 4.74 Å². The van der Waals surface area contributed by atoms with Crippen molar-refractivity contribution in [3.05, 3.63) is 59.7 Å². The van der Waals surface area contributed by atoms with Gasteiger partial charge in [0.1, 0.15) is 11.5 Å². The van der Waals surface area contributed by atoms with Crippen LogP contribution in [0.25, 0.3) is 0 Å². The number of para-hydroxylation sites is 1. The molecule has 0 aliphatic carbocycles. The first-order valence-corrected chi connectivity index (χ1v) is 8.20. The van der Waals surface area contributed by atoms with E-state index in [4.69, 9.17) is 4.74 Å². The molecule has 2 atom stereocenters. The van der Waals surface area contributed by atoms with Crippen molar-refractivity contribution in [3.63, 3.8) is 0 Å². The smallest absolute Gasteiger partial charge is 0.496 e. The van der Waals surface area contributed by atoms with Gasteiger partial charge in [-0.25, -0.2) is 4.39 Å². The van der Waals surface area contributed by atoms with Crippen molar-refractivity contribution >= 4 is 5.91 Å². The van der Waals surface area contributed by atoms with E-state index in [0.29, 0.717) is 16.9 Å². The van der Waals surface area contributed by atoms with Gasteiger partial charge in [-0.2, -0.15) is 0 Å². The van der Waals surface area contributed by atoms with Gasteiger partial charge >= 0.3 is 6.36 Å². The molecule has 27 heavy (non-hydrogen) atoms. The molecule has 0 radical (unpaired) electrons. The number of hydrogen-bond acceptors (Lipinski definition) is 3. The zero-order chi connectivity index (χ0) is 19.6. The van der Waals surface area contributed by atoms with Crippen molar-refractivity contribution in [2.45, 2.75) is 31.5 Å². The minimum Gasteiger partial charge on any atom is -0.496 e. The van der Waals surface area contributed by atoms with Crippen molar-refractivity contribution < 1.29 is 31.8 Å². The third-order valence-electron chi connectivity index (χ3n) is 4.37. The SMILES string of the molecule is COc1ccccc1C1CC(F)C(=O)N1Cc1ccc(OC(F)(F)F)cc1. The molecule has 1 aliphatic heterocycles. The van der Waals surface area contributed by atoms with Crippen LogP contribution in [0.5, 0.6) is 11.5 Å². The van der Waals surface area contributed by atoms with E-state index in [1.54, 1.807) is 24.3 Å². The number of amides is 1. The number of halogens is 4. The molecular weight excluding hydrogens is 366 g/mol. The van der Waals surface area contributed by atoms with Crippen LogP contribution in [0.1, 0.15) is 23.6 Å². The summed E-state index contributed by atoms with van der Waals surface area (Å²) in [7, 11) is 1.49. The minimum absolute atomic E-state index is 0.00548. The van der Waals surface area contributed by atoms with Crippen LogP contribution in [0.4, 0.5) is 17.6 Å². The van der Waals surface area contributed by atoms with E-state index in [9.17, 15) is 22.4 Å². The second-order valence-corrected chi connectivity index (χ2v) is 6.12. The molecule has 0 aromatic heterocycles. The molecule has 1 saturated heterocycles. The van der Waals surface area contributed by atoms with Crippen molar-refractivity contribution in [3.8, 4) is 11.5 Å².